The molecule has 0 bridgehead atoms. The predicted molar refractivity (Wildman–Crippen MR) is 223 cm³/mol. The quantitative estimate of drug-likeness (QED) is 0.0350. The van der Waals surface area contributed by atoms with Gasteiger partial charge in [-0.05, 0) is 85.1 Å². The van der Waals surface area contributed by atoms with E-state index in [1.165, 1.54) is 23.1 Å². The molecule has 1 fully saturated rings. The number of halogens is 2. The first-order valence-corrected chi connectivity index (χ1v) is 20.9. The van der Waals surface area contributed by atoms with Crippen LogP contribution < -0.4 is 9.47 Å². The number of nitrogens with zero attached hydrogens (tertiary/aromatic N) is 3. The molecule has 2 aliphatic carbocycles. The highest BCUT2D eigenvalue weighted by Gasteiger charge is 2.65. The van der Waals surface area contributed by atoms with Gasteiger partial charge in [-0.3, -0.25) is 10.1 Å². The number of allylic oxidation sites excluding steroid dienone is 1. The van der Waals surface area contributed by atoms with Crippen LogP contribution >= 0.6 is 11.6 Å². The van der Waals surface area contributed by atoms with Gasteiger partial charge in [-0.1, -0.05) is 48.3 Å². The number of benzene rings is 3. The topological polar surface area (TPSA) is 162 Å². The number of nitro benzene ring substituents is 1. The zero-order valence-corrected chi connectivity index (χ0v) is 34.5. The van der Waals surface area contributed by atoms with E-state index in [9.17, 15) is 29.5 Å². The number of unbranched alkanes of at least 4 members (excludes halogenated alkanes) is 2. The van der Waals surface area contributed by atoms with Crippen molar-refractivity contribution in [3.8, 4) is 11.5 Å². The van der Waals surface area contributed by atoms with Gasteiger partial charge in [0, 0.05) is 55.9 Å². The van der Waals surface area contributed by atoms with Crippen molar-refractivity contribution >= 4 is 29.1 Å². The predicted octanol–water partition coefficient (Wildman–Crippen LogP) is 8.45. The summed E-state index contributed by atoms with van der Waals surface area (Å²) in [6.45, 7) is 4.11. The summed E-state index contributed by atoms with van der Waals surface area (Å²) in [6.07, 6.45) is 7.54. The van der Waals surface area contributed by atoms with E-state index in [-0.39, 0.29) is 81.2 Å². The number of hydrogen-bond donors (Lipinski definition) is 2. The van der Waals surface area contributed by atoms with Crippen molar-refractivity contribution in [1.29, 1.82) is 0 Å². The third-order valence-corrected chi connectivity index (χ3v) is 11.8. The van der Waals surface area contributed by atoms with Gasteiger partial charge in [0.05, 0.1) is 29.0 Å². The van der Waals surface area contributed by atoms with E-state index in [0.717, 1.165) is 36.8 Å². The number of hydrogen-bond acceptors (Lipinski definition) is 11. The Balaban J connectivity index is 1.51. The van der Waals surface area contributed by atoms with Crippen molar-refractivity contribution in [2.75, 3.05) is 39.4 Å². The second-order valence-electron chi connectivity index (χ2n) is 15.3. The number of nitro groups is 1. The third-order valence-electron chi connectivity index (χ3n) is 11.6. The molecule has 0 spiro atoms. The number of alkyl halides is 1. The highest BCUT2D eigenvalue weighted by molar-refractivity contribution is 6.18. The van der Waals surface area contributed by atoms with E-state index in [1.54, 1.807) is 49.5 Å². The summed E-state index contributed by atoms with van der Waals surface area (Å²) in [5, 5.41) is 35.7. The fourth-order valence-electron chi connectivity index (χ4n) is 8.85. The number of non-ortho nitro benzene ring substituents is 1. The number of amides is 1. The number of carbonyl (C=O) groups is 1. The van der Waals surface area contributed by atoms with Gasteiger partial charge in [-0.2, -0.15) is 0 Å². The number of oxime groups is 1. The van der Waals surface area contributed by atoms with E-state index < -0.39 is 28.8 Å². The maximum Gasteiger partial charge on any atom is 0.410 e. The zero-order valence-electron chi connectivity index (χ0n) is 33.8. The van der Waals surface area contributed by atoms with E-state index in [0.29, 0.717) is 41.2 Å². The van der Waals surface area contributed by atoms with Crippen LogP contribution in [0, 0.1) is 33.7 Å². The standard InChI is InChI=1S/C45H53ClFN3O10/c1-3-23-58-45-41(49(2)44(53)56-24-20-46)27-39(48-59-28-30-14-16-33(17-15-30)50(54)55)36-25-31(10-6-8-21-51)35(12-7-9-22-52)42(43(36)45)37-26-34(18-19-40(37)60-45)57-29-32-11-4-5-13-38(32)47/h3-5,11,13-19,25-26,31,35,41-43,51-52H,1,6-10,12,20-24,27-29H2,2H3. The molecule has 3 aromatic rings. The van der Waals surface area contributed by atoms with Crippen LogP contribution in [0.4, 0.5) is 14.9 Å². The molecule has 6 rings (SSSR count). The van der Waals surface area contributed by atoms with Gasteiger partial charge in [-0.25, -0.2) is 9.18 Å². The summed E-state index contributed by atoms with van der Waals surface area (Å²) in [5.74, 6) is -1.67. The lowest BCUT2D eigenvalue weighted by Crippen LogP contribution is -2.69. The van der Waals surface area contributed by atoms with Crippen LogP contribution in [0.25, 0.3) is 0 Å². The van der Waals surface area contributed by atoms with Crippen molar-refractivity contribution in [2.24, 2.45) is 22.9 Å². The van der Waals surface area contributed by atoms with Crippen LogP contribution in [0.2, 0.25) is 0 Å². The Kier molecular flexibility index (Phi) is 15.6. The lowest BCUT2D eigenvalue weighted by atomic mass is 9.55. The molecule has 6 unspecified atom stereocenters. The van der Waals surface area contributed by atoms with Gasteiger partial charge in [0.1, 0.15) is 43.2 Å². The molecule has 13 nitrogen and oxygen atoms in total. The van der Waals surface area contributed by atoms with Crippen LogP contribution in [0.5, 0.6) is 11.5 Å². The van der Waals surface area contributed by atoms with Crippen LogP contribution in [-0.2, 0) is 27.5 Å². The Morgan fingerprint density at radius 1 is 1.08 bits per heavy atom. The van der Waals surface area contributed by atoms with Gasteiger partial charge >= 0.3 is 6.09 Å². The Morgan fingerprint density at radius 3 is 2.53 bits per heavy atom. The minimum Gasteiger partial charge on any atom is -0.489 e. The molecule has 1 amide bonds. The first-order chi connectivity index (χ1) is 29.1. The summed E-state index contributed by atoms with van der Waals surface area (Å²) in [7, 11) is 1.62. The summed E-state index contributed by atoms with van der Waals surface area (Å²) < 4.78 is 40.4. The maximum atomic E-state index is 14.7. The number of aliphatic hydroxyl groups excluding tert-OH is 2. The molecule has 3 aromatic carbocycles. The molecule has 6 atom stereocenters. The first-order valence-electron chi connectivity index (χ1n) is 20.4. The van der Waals surface area contributed by atoms with Crippen LogP contribution in [0.1, 0.15) is 67.6 Å². The summed E-state index contributed by atoms with van der Waals surface area (Å²) in [4.78, 5) is 32.0. The SMILES string of the molecule is C=CCOC12Oc3ccc(OCc4ccccc4F)cc3C3C(CCCCO)C(CCCCO)C=C(C(=NOCc4ccc([N+](=O)[O-])cc4)CC1N(C)C(=O)OCCCl)C32. The second kappa shape index (κ2) is 21.0. The minimum atomic E-state index is -1.50. The fourth-order valence-corrected chi connectivity index (χ4v) is 8.92. The average Bonchev–Trinajstić information content (AvgIpc) is 3.25. The summed E-state index contributed by atoms with van der Waals surface area (Å²) in [6, 6.07) is 17.2. The first kappa shape index (κ1) is 44.5. The number of ether oxygens (including phenoxy) is 4. The van der Waals surface area contributed by atoms with Gasteiger partial charge in [-0.15, -0.1) is 18.2 Å². The van der Waals surface area contributed by atoms with Crippen molar-refractivity contribution in [2.45, 2.75) is 75.9 Å². The molecule has 15 heteroatoms. The van der Waals surface area contributed by atoms with Crippen LogP contribution in [0.3, 0.4) is 0 Å². The van der Waals surface area contributed by atoms with E-state index >= 15 is 0 Å². The molecule has 3 aliphatic rings. The number of carbonyl (C=O) groups excluding carboxylic acids is 1. The van der Waals surface area contributed by atoms with Crippen molar-refractivity contribution < 1.29 is 48.1 Å². The average molecular weight is 850 g/mol. The van der Waals surface area contributed by atoms with Crippen molar-refractivity contribution in [1.82, 2.24) is 4.90 Å². The molecular formula is C45H53ClFN3O10. The van der Waals surface area contributed by atoms with Gasteiger partial charge in [0.25, 0.3) is 5.69 Å². The molecule has 2 N–H and O–H groups in total. The van der Waals surface area contributed by atoms with Crippen molar-refractivity contribution in [3.05, 3.63) is 124 Å². The molecule has 1 aliphatic heterocycles. The Labute approximate surface area is 354 Å². The monoisotopic (exact) mass is 849 g/mol. The smallest absolute Gasteiger partial charge is 0.410 e. The highest BCUT2D eigenvalue weighted by atomic mass is 35.5. The lowest BCUT2D eigenvalue weighted by Gasteiger charge is -2.59. The molecular weight excluding hydrogens is 797 g/mol. The molecule has 322 valence electrons. The zero-order chi connectivity index (χ0) is 42.6. The van der Waals surface area contributed by atoms with Crippen molar-refractivity contribution in [3.63, 3.8) is 0 Å². The third kappa shape index (κ3) is 9.94. The number of likely N-dealkylation sites (N-methyl/N-ethyl adjacent to an activating group) is 1. The van der Waals surface area contributed by atoms with Gasteiger partial charge in [0.2, 0.25) is 5.79 Å². The Hall–Kier alpha value is -5.02. The van der Waals surface area contributed by atoms with Crippen LogP contribution in [0.15, 0.2) is 96.2 Å². The van der Waals surface area contributed by atoms with Gasteiger partial charge < -0.3 is 38.9 Å². The van der Waals surface area contributed by atoms with Crippen LogP contribution in [-0.4, -0.2) is 83.0 Å². The molecule has 0 aromatic heterocycles. The highest BCUT2D eigenvalue weighted by Crippen LogP contribution is 2.61. The number of aliphatic hydroxyl groups is 2. The fraction of sp³-hybridized carbons (Fsp3) is 0.467. The van der Waals surface area contributed by atoms with E-state index in [1.807, 2.05) is 12.1 Å². The number of rotatable bonds is 21. The molecule has 60 heavy (non-hydrogen) atoms. The lowest BCUT2D eigenvalue weighted by molar-refractivity contribution is -0.384. The Morgan fingerprint density at radius 2 is 1.83 bits per heavy atom. The summed E-state index contributed by atoms with van der Waals surface area (Å²) >= 11 is 5.93. The van der Waals surface area contributed by atoms with Gasteiger partial charge in [0.15, 0.2) is 0 Å². The Bertz CT molecular complexity index is 2010. The molecule has 1 heterocycles. The number of fused-ring (bicyclic) bond motifs is 2. The normalized spacial score (nSPS) is 23.4. The van der Waals surface area contributed by atoms with E-state index in [2.05, 4.69) is 12.7 Å². The maximum absolute atomic E-state index is 14.7. The van der Waals surface area contributed by atoms with E-state index in [4.69, 9.17) is 40.5 Å². The molecule has 0 saturated heterocycles. The molecule has 1 saturated carbocycles. The largest absolute Gasteiger partial charge is 0.489 e. The summed E-state index contributed by atoms with van der Waals surface area (Å²) in [5.41, 5.74) is 3.26. The molecule has 0 radical (unpaired) electrons. The second-order valence-corrected chi connectivity index (χ2v) is 15.6. The minimum absolute atomic E-state index is 0.00184.